The Kier molecular flexibility index (Phi) is 5.70. The molecule has 3 rings (SSSR count). The van der Waals surface area contributed by atoms with E-state index < -0.39 is 0 Å². The Bertz CT molecular complexity index is 754. The number of nitrogens with zero attached hydrogens (tertiary/aromatic N) is 4. The average Bonchev–Trinajstić information content (AvgIpc) is 3.38. The van der Waals surface area contributed by atoms with E-state index >= 15 is 0 Å². The molecule has 1 aromatic carbocycles. The number of nitrogens with two attached hydrogens (primary N) is 1. The Hall–Kier alpha value is -2.22. The molecule has 140 valence electrons. The van der Waals surface area contributed by atoms with Gasteiger partial charge in [0.2, 0.25) is 11.1 Å². The van der Waals surface area contributed by atoms with Crippen LogP contribution < -0.4 is 16.1 Å². The fraction of sp³-hybridized carbons (Fsp3) is 0.500. The lowest BCUT2D eigenvalue weighted by Gasteiger charge is -2.27. The lowest BCUT2D eigenvalue weighted by Crippen LogP contribution is -2.30. The summed E-state index contributed by atoms with van der Waals surface area (Å²) in [6.07, 6.45) is 2.23. The maximum Gasteiger partial charge on any atom is 0.234 e. The van der Waals surface area contributed by atoms with Crippen molar-refractivity contribution < 1.29 is 4.79 Å². The summed E-state index contributed by atoms with van der Waals surface area (Å²) in [5.74, 6) is 7.40. The van der Waals surface area contributed by atoms with Crippen LogP contribution in [0.4, 0.5) is 11.4 Å². The summed E-state index contributed by atoms with van der Waals surface area (Å²) in [7, 11) is 0. The third-order valence-electron chi connectivity index (χ3n) is 4.41. The highest BCUT2D eigenvalue weighted by Crippen LogP contribution is 2.39. The first kappa shape index (κ1) is 18.6. The monoisotopic (exact) mass is 374 g/mol. The molecule has 1 saturated carbocycles. The van der Waals surface area contributed by atoms with Gasteiger partial charge in [0.15, 0.2) is 5.82 Å². The Morgan fingerprint density at radius 1 is 1.35 bits per heavy atom. The molecule has 2 aromatic rings. The standard InChI is InChI=1S/C18H26N6OS/c1-4-23(12(2)3)15-9-7-14(8-10-15)20-16(25)11-26-18-22-21-17(24(18)19)13-5-6-13/h7-10,12-13H,4-6,11,19H2,1-3H3,(H,20,25). The highest BCUT2D eigenvalue weighted by Gasteiger charge is 2.30. The molecular formula is C18H26N6OS. The van der Waals surface area contributed by atoms with Crippen LogP contribution in [-0.2, 0) is 4.79 Å². The summed E-state index contributed by atoms with van der Waals surface area (Å²) in [4.78, 5) is 14.5. The molecule has 1 aliphatic rings. The molecule has 0 aliphatic heterocycles. The van der Waals surface area contributed by atoms with Crippen LogP contribution in [0.5, 0.6) is 0 Å². The number of anilines is 2. The van der Waals surface area contributed by atoms with Crippen molar-refractivity contribution in [3.63, 3.8) is 0 Å². The molecule has 7 nitrogen and oxygen atoms in total. The van der Waals surface area contributed by atoms with Gasteiger partial charge in [-0.25, -0.2) is 4.68 Å². The van der Waals surface area contributed by atoms with Crippen molar-refractivity contribution in [1.29, 1.82) is 0 Å². The smallest absolute Gasteiger partial charge is 0.234 e. The molecule has 3 N–H and O–H groups in total. The van der Waals surface area contributed by atoms with Gasteiger partial charge < -0.3 is 16.1 Å². The quantitative estimate of drug-likeness (QED) is 0.546. The highest BCUT2D eigenvalue weighted by molar-refractivity contribution is 7.99. The van der Waals surface area contributed by atoms with Crippen molar-refractivity contribution in [1.82, 2.24) is 14.9 Å². The number of nitrogens with one attached hydrogen (secondary N) is 1. The zero-order valence-electron chi connectivity index (χ0n) is 15.5. The van der Waals surface area contributed by atoms with Crippen LogP contribution in [0.2, 0.25) is 0 Å². The average molecular weight is 375 g/mol. The molecule has 1 amide bonds. The van der Waals surface area contributed by atoms with Gasteiger partial charge in [-0.3, -0.25) is 4.79 Å². The minimum atomic E-state index is -0.0880. The molecule has 0 saturated heterocycles. The van der Waals surface area contributed by atoms with Gasteiger partial charge in [-0.2, -0.15) is 0 Å². The first-order valence-corrected chi connectivity index (χ1v) is 9.98. The van der Waals surface area contributed by atoms with Crippen molar-refractivity contribution in [3.8, 4) is 0 Å². The number of nitrogen functional groups attached to an aromatic ring is 1. The summed E-state index contributed by atoms with van der Waals surface area (Å²) >= 11 is 1.30. The minimum Gasteiger partial charge on any atom is -0.369 e. The Morgan fingerprint density at radius 3 is 2.62 bits per heavy atom. The summed E-state index contributed by atoms with van der Waals surface area (Å²) in [5.41, 5.74) is 1.94. The molecule has 1 fully saturated rings. The largest absolute Gasteiger partial charge is 0.369 e. The molecule has 1 aliphatic carbocycles. The topological polar surface area (TPSA) is 89.1 Å². The van der Waals surface area contributed by atoms with Crippen molar-refractivity contribution in [3.05, 3.63) is 30.1 Å². The van der Waals surface area contributed by atoms with Gasteiger partial charge in [0.1, 0.15) is 0 Å². The van der Waals surface area contributed by atoms with Crippen molar-refractivity contribution in [2.45, 2.75) is 50.7 Å². The van der Waals surface area contributed by atoms with E-state index in [9.17, 15) is 4.79 Å². The summed E-state index contributed by atoms with van der Waals surface area (Å²) in [6, 6.07) is 8.36. The summed E-state index contributed by atoms with van der Waals surface area (Å²) < 4.78 is 1.51. The summed E-state index contributed by atoms with van der Waals surface area (Å²) in [5, 5.41) is 11.7. The van der Waals surface area contributed by atoms with Gasteiger partial charge in [0.05, 0.1) is 5.75 Å². The zero-order valence-corrected chi connectivity index (χ0v) is 16.3. The van der Waals surface area contributed by atoms with Crippen LogP contribution >= 0.6 is 11.8 Å². The number of aromatic nitrogens is 3. The van der Waals surface area contributed by atoms with Gasteiger partial charge in [-0.05, 0) is 57.9 Å². The molecular weight excluding hydrogens is 348 g/mol. The predicted molar refractivity (Wildman–Crippen MR) is 106 cm³/mol. The number of carbonyl (C=O) groups is 1. The van der Waals surface area contributed by atoms with Crippen LogP contribution in [0.1, 0.15) is 45.4 Å². The van der Waals surface area contributed by atoms with E-state index in [-0.39, 0.29) is 11.7 Å². The van der Waals surface area contributed by atoms with Crippen LogP contribution in [0, 0.1) is 0 Å². The van der Waals surface area contributed by atoms with Crippen LogP contribution in [0.3, 0.4) is 0 Å². The van der Waals surface area contributed by atoms with E-state index in [0.717, 1.165) is 36.6 Å². The Labute approximate surface area is 158 Å². The molecule has 1 heterocycles. The van der Waals surface area contributed by atoms with E-state index in [1.54, 1.807) is 0 Å². The SMILES string of the molecule is CCN(c1ccc(NC(=O)CSc2nnc(C3CC3)n2N)cc1)C(C)C. The second kappa shape index (κ2) is 7.99. The zero-order chi connectivity index (χ0) is 18.7. The van der Waals surface area contributed by atoms with Gasteiger partial charge >= 0.3 is 0 Å². The van der Waals surface area contributed by atoms with Gasteiger partial charge in [0.25, 0.3) is 0 Å². The van der Waals surface area contributed by atoms with Gasteiger partial charge in [-0.15, -0.1) is 10.2 Å². The fourth-order valence-electron chi connectivity index (χ4n) is 2.92. The minimum absolute atomic E-state index is 0.0880. The normalized spacial score (nSPS) is 13.8. The molecule has 8 heteroatoms. The van der Waals surface area contributed by atoms with Gasteiger partial charge in [-0.1, -0.05) is 11.8 Å². The fourth-order valence-corrected chi connectivity index (χ4v) is 3.58. The first-order valence-electron chi connectivity index (χ1n) is 8.99. The van der Waals surface area contributed by atoms with Crippen LogP contribution in [0.25, 0.3) is 0 Å². The molecule has 0 atom stereocenters. The number of hydrogen-bond acceptors (Lipinski definition) is 6. The van der Waals surface area contributed by atoms with E-state index in [1.807, 2.05) is 24.3 Å². The Morgan fingerprint density at radius 2 is 2.04 bits per heavy atom. The van der Waals surface area contributed by atoms with Crippen molar-refractivity contribution in [2.75, 3.05) is 28.4 Å². The van der Waals surface area contributed by atoms with Crippen LogP contribution in [0.15, 0.2) is 29.4 Å². The molecule has 0 spiro atoms. The third kappa shape index (κ3) is 4.30. The van der Waals surface area contributed by atoms with E-state index in [1.165, 1.54) is 16.4 Å². The second-order valence-electron chi connectivity index (χ2n) is 6.75. The van der Waals surface area contributed by atoms with E-state index in [4.69, 9.17) is 5.84 Å². The third-order valence-corrected chi connectivity index (χ3v) is 5.36. The number of benzene rings is 1. The number of hydrogen-bond donors (Lipinski definition) is 2. The van der Waals surface area contributed by atoms with Crippen molar-refractivity contribution >= 4 is 29.0 Å². The van der Waals surface area contributed by atoms with Crippen LogP contribution in [-0.4, -0.2) is 39.1 Å². The van der Waals surface area contributed by atoms with Gasteiger partial charge in [0, 0.05) is 29.9 Å². The maximum absolute atomic E-state index is 12.2. The molecule has 0 bridgehead atoms. The predicted octanol–water partition coefficient (Wildman–Crippen LogP) is 2.83. The molecule has 0 radical (unpaired) electrons. The molecule has 26 heavy (non-hydrogen) atoms. The first-order chi connectivity index (χ1) is 12.5. The number of carbonyl (C=O) groups excluding carboxylic acids is 1. The lowest BCUT2D eigenvalue weighted by atomic mass is 10.2. The summed E-state index contributed by atoms with van der Waals surface area (Å²) in [6.45, 7) is 7.42. The second-order valence-corrected chi connectivity index (χ2v) is 7.69. The number of rotatable bonds is 8. The molecule has 1 aromatic heterocycles. The number of thioether (sulfide) groups is 1. The molecule has 0 unspecified atom stereocenters. The van der Waals surface area contributed by atoms with E-state index in [2.05, 4.69) is 41.2 Å². The Balaban J connectivity index is 1.53. The maximum atomic E-state index is 12.2. The lowest BCUT2D eigenvalue weighted by molar-refractivity contribution is -0.113. The van der Waals surface area contributed by atoms with E-state index in [0.29, 0.717) is 17.1 Å². The number of amides is 1. The highest BCUT2D eigenvalue weighted by atomic mass is 32.2. The van der Waals surface area contributed by atoms with Crippen molar-refractivity contribution in [2.24, 2.45) is 0 Å².